The molecule has 0 bridgehead atoms. The van der Waals surface area contributed by atoms with Crippen LogP contribution in [-0.2, 0) is 0 Å². The number of hydrogen-bond donors (Lipinski definition) is 0. The van der Waals surface area contributed by atoms with Gasteiger partial charge >= 0.3 is 0 Å². The second-order valence-electron chi connectivity index (χ2n) is 12.1. The van der Waals surface area contributed by atoms with Crippen molar-refractivity contribution in [2.75, 3.05) is 0 Å². The molecule has 0 aromatic rings. The Morgan fingerprint density at radius 2 is 1.63 bits per heavy atom. The van der Waals surface area contributed by atoms with Gasteiger partial charge in [0.2, 0.25) is 0 Å². The number of hydrogen-bond acceptors (Lipinski definition) is 0. The van der Waals surface area contributed by atoms with E-state index in [4.69, 9.17) is 0 Å². The predicted molar refractivity (Wildman–Crippen MR) is 118 cm³/mol. The molecular weight excluding hydrogens is 324 g/mol. The lowest BCUT2D eigenvalue weighted by Crippen LogP contribution is -2.52. The van der Waals surface area contributed by atoms with Gasteiger partial charge in [0, 0.05) is 0 Å². The van der Waals surface area contributed by atoms with Crippen LogP contribution in [0.1, 0.15) is 105 Å². The molecule has 4 rings (SSSR count). The normalized spacial score (nSPS) is 47.4. The van der Waals surface area contributed by atoms with Gasteiger partial charge in [-0.2, -0.15) is 0 Å². The maximum absolute atomic E-state index is 2.74. The summed E-state index contributed by atoms with van der Waals surface area (Å²) < 4.78 is 0. The molecule has 27 heavy (non-hydrogen) atoms. The van der Waals surface area contributed by atoms with Crippen LogP contribution in [0.4, 0.5) is 0 Å². The molecule has 3 fully saturated rings. The minimum Gasteiger partial charge on any atom is -0.0882 e. The standard InChI is InChI=1S/C27H46/c1-19(2)9-8-10-20(3)23-14-15-24-22-13-12-21-11-6-7-17-26(21,4)25(22)16-18-27(23,24)5/h6,11,19-25H,7-10,12-18H2,1-5H3/t20-,21+,22+,23-,24+,25+,26+,27-/m1/s1. The van der Waals surface area contributed by atoms with Crippen molar-refractivity contribution in [1.82, 2.24) is 0 Å². The monoisotopic (exact) mass is 370 g/mol. The Labute approximate surface area is 170 Å². The van der Waals surface area contributed by atoms with E-state index in [0.717, 1.165) is 41.4 Å². The molecule has 0 amide bonds. The highest BCUT2D eigenvalue weighted by molar-refractivity contribution is 5.13. The minimum atomic E-state index is 0.625. The highest BCUT2D eigenvalue weighted by Gasteiger charge is 2.59. The quantitative estimate of drug-likeness (QED) is 0.427. The summed E-state index contributed by atoms with van der Waals surface area (Å²) in [7, 11) is 0. The van der Waals surface area contributed by atoms with Gasteiger partial charge in [-0.15, -0.1) is 0 Å². The largest absolute Gasteiger partial charge is 0.0882 e. The summed E-state index contributed by atoms with van der Waals surface area (Å²) in [5, 5.41) is 0. The SMILES string of the molecule is CC(C)CCC[C@@H](C)[C@H]1CC[C@H]2[C@@H]3CC[C@@H]4C=CCC[C@]4(C)[C@H]3CC[C@]12C. The van der Waals surface area contributed by atoms with E-state index in [-0.39, 0.29) is 0 Å². The third kappa shape index (κ3) is 3.36. The third-order valence-corrected chi connectivity index (χ3v) is 10.4. The fourth-order valence-corrected chi connectivity index (χ4v) is 8.85. The Balaban J connectivity index is 1.47. The average Bonchev–Trinajstić information content (AvgIpc) is 2.98. The molecule has 0 nitrogen and oxygen atoms in total. The molecule has 4 aliphatic carbocycles. The van der Waals surface area contributed by atoms with Gasteiger partial charge in [-0.3, -0.25) is 0 Å². The van der Waals surface area contributed by atoms with Crippen LogP contribution in [0.15, 0.2) is 12.2 Å². The summed E-state index contributed by atoms with van der Waals surface area (Å²) in [6.45, 7) is 12.8. The summed E-state index contributed by atoms with van der Waals surface area (Å²) in [6.07, 6.45) is 21.4. The van der Waals surface area contributed by atoms with Crippen molar-refractivity contribution < 1.29 is 0 Å². The van der Waals surface area contributed by atoms with Gasteiger partial charge in [-0.25, -0.2) is 0 Å². The van der Waals surface area contributed by atoms with E-state index in [9.17, 15) is 0 Å². The fraction of sp³-hybridized carbons (Fsp3) is 0.926. The van der Waals surface area contributed by atoms with Crippen LogP contribution in [-0.4, -0.2) is 0 Å². The first kappa shape index (κ1) is 20.0. The second-order valence-corrected chi connectivity index (χ2v) is 12.1. The zero-order valence-electron chi connectivity index (χ0n) is 19.0. The Hall–Kier alpha value is -0.260. The smallest absolute Gasteiger partial charge is 0.0177 e. The van der Waals surface area contributed by atoms with Crippen molar-refractivity contribution >= 4 is 0 Å². The number of allylic oxidation sites excluding steroid dienone is 2. The van der Waals surface area contributed by atoms with E-state index in [1.807, 2.05) is 0 Å². The summed E-state index contributed by atoms with van der Waals surface area (Å²) in [5.41, 5.74) is 1.28. The first-order chi connectivity index (χ1) is 12.9. The van der Waals surface area contributed by atoms with Crippen LogP contribution >= 0.6 is 0 Å². The molecule has 0 heteroatoms. The van der Waals surface area contributed by atoms with Gasteiger partial charge in [-0.1, -0.05) is 66.0 Å². The van der Waals surface area contributed by atoms with Crippen LogP contribution in [0.3, 0.4) is 0 Å². The van der Waals surface area contributed by atoms with Gasteiger partial charge in [0.1, 0.15) is 0 Å². The molecule has 0 heterocycles. The van der Waals surface area contributed by atoms with E-state index >= 15 is 0 Å². The Kier molecular flexibility index (Phi) is 5.59. The third-order valence-electron chi connectivity index (χ3n) is 10.4. The second kappa shape index (κ2) is 7.53. The van der Waals surface area contributed by atoms with Gasteiger partial charge in [0.15, 0.2) is 0 Å². The average molecular weight is 371 g/mol. The van der Waals surface area contributed by atoms with Gasteiger partial charge in [0.25, 0.3) is 0 Å². The van der Waals surface area contributed by atoms with Gasteiger partial charge in [0.05, 0.1) is 0 Å². The highest BCUT2D eigenvalue weighted by Crippen LogP contribution is 2.67. The molecule has 0 radical (unpaired) electrons. The van der Waals surface area contributed by atoms with Crippen LogP contribution in [0.25, 0.3) is 0 Å². The lowest BCUT2D eigenvalue weighted by atomic mass is 9.45. The van der Waals surface area contributed by atoms with Gasteiger partial charge < -0.3 is 0 Å². The summed E-state index contributed by atoms with van der Waals surface area (Å²) >= 11 is 0. The highest BCUT2D eigenvalue weighted by atomic mass is 14.6. The molecular formula is C27H46. The molecule has 0 aromatic carbocycles. The zero-order chi connectivity index (χ0) is 19.2. The van der Waals surface area contributed by atoms with E-state index < -0.39 is 0 Å². The maximum atomic E-state index is 2.74. The van der Waals surface area contributed by atoms with Crippen LogP contribution in [0, 0.1) is 52.3 Å². The number of rotatable bonds is 5. The summed E-state index contributed by atoms with van der Waals surface area (Å²) in [4.78, 5) is 0. The fourth-order valence-electron chi connectivity index (χ4n) is 8.85. The lowest BCUT2D eigenvalue weighted by molar-refractivity contribution is -0.0955. The van der Waals surface area contributed by atoms with Crippen LogP contribution in [0.2, 0.25) is 0 Å². The van der Waals surface area contributed by atoms with Gasteiger partial charge in [-0.05, 0) is 104 Å². The molecule has 0 aliphatic heterocycles. The number of fused-ring (bicyclic) bond motifs is 5. The van der Waals surface area contributed by atoms with Crippen molar-refractivity contribution in [2.45, 2.75) is 105 Å². The molecule has 3 saturated carbocycles. The predicted octanol–water partition coefficient (Wildman–Crippen LogP) is 8.27. The molecule has 154 valence electrons. The van der Waals surface area contributed by atoms with Crippen molar-refractivity contribution in [3.05, 3.63) is 12.2 Å². The first-order valence-corrected chi connectivity index (χ1v) is 12.5. The van der Waals surface area contributed by atoms with E-state index in [0.29, 0.717) is 10.8 Å². The van der Waals surface area contributed by atoms with Crippen LogP contribution in [0.5, 0.6) is 0 Å². The van der Waals surface area contributed by atoms with Crippen molar-refractivity contribution in [2.24, 2.45) is 52.3 Å². The Morgan fingerprint density at radius 1 is 0.852 bits per heavy atom. The molecule has 0 saturated heterocycles. The zero-order valence-corrected chi connectivity index (χ0v) is 19.0. The Bertz CT molecular complexity index is 544. The Morgan fingerprint density at radius 3 is 2.41 bits per heavy atom. The molecule has 0 aromatic heterocycles. The van der Waals surface area contributed by atoms with Crippen molar-refractivity contribution in [1.29, 1.82) is 0 Å². The summed E-state index contributed by atoms with van der Waals surface area (Å²) in [6, 6.07) is 0. The van der Waals surface area contributed by atoms with Crippen molar-refractivity contribution in [3.63, 3.8) is 0 Å². The topological polar surface area (TPSA) is 0 Å². The minimum absolute atomic E-state index is 0.625. The molecule has 8 atom stereocenters. The molecule has 0 spiro atoms. The first-order valence-electron chi connectivity index (χ1n) is 12.5. The lowest BCUT2D eigenvalue weighted by Gasteiger charge is -2.60. The molecule has 0 N–H and O–H groups in total. The summed E-state index contributed by atoms with van der Waals surface area (Å²) in [5.74, 6) is 6.83. The van der Waals surface area contributed by atoms with E-state index in [2.05, 4.69) is 46.8 Å². The van der Waals surface area contributed by atoms with Crippen molar-refractivity contribution in [3.8, 4) is 0 Å². The molecule has 4 aliphatic rings. The van der Waals surface area contributed by atoms with E-state index in [1.165, 1.54) is 64.2 Å². The maximum Gasteiger partial charge on any atom is -0.0177 e. The molecule has 0 unspecified atom stereocenters. The van der Waals surface area contributed by atoms with E-state index in [1.54, 1.807) is 6.42 Å². The van der Waals surface area contributed by atoms with Crippen LogP contribution < -0.4 is 0 Å².